The van der Waals surface area contributed by atoms with Crippen LogP contribution in [0.15, 0.2) is 41.4 Å². The lowest BCUT2D eigenvalue weighted by molar-refractivity contribution is 0.297. The number of rotatable bonds is 7. The van der Waals surface area contributed by atoms with Gasteiger partial charge in [-0.05, 0) is 43.2 Å². The van der Waals surface area contributed by atoms with Gasteiger partial charge in [-0.25, -0.2) is 0 Å². The molecule has 29 heavy (non-hydrogen) atoms. The molecule has 0 fully saturated rings. The number of hydrogen-bond acceptors (Lipinski definition) is 5. The Morgan fingerprint density at radius 3 is 2.55 bits per heavy atom. The van der Waals surface area contributed by atoms with Crippen molar-refractivity contribution in [2.45, 2.75) is 19.8 Å². The van der Waals surface area contributed by atoms with E-state index in [1.807, 2.05) is 43.3 Å². The number of fused-ring (bicyclic) bond motifs is 1. The number of anilines is 1. The molecule has 2 aromatic rings. The van der Waals surface area contributed by atoms with Crippen LogP contribution in [-0.4, -0.2) is 46.5 Å². The van der Waals surface area contributed by atoms with Gasteiger partial charge in [0.25, 0.3) is 0 Å². The standard InChI is InChI=1S/C22H29N3O4/c1-4-23-22(24-11-10-16-6-8-18(26-2)20(14-16)27-3)25-17-7-9-19-21(15-17)29-13-5-12-28-19/h6-9,14-15H,4-5,10-13H2,1-3H3,(H2,23,24,25). The van der Waals surface area contributed by atoms with E-state index in [1.54, 1.807) is 14.2 Å². The van der Waals surface area contributed by atoms with E-state index in [2.05, 4.69) is 15.6 Å². The first-order chi connectivity index (χ1) is 14.2. The van der Waals surface area contributed by atoms with Gasteiger partial charge >= 0.3 is 0 Å². The van der Waals surface area contributed by atoms with E-state index >= 15 is 0 Å². The van der Waals surface area contributed by atoms with Gasteiger partial charge in [-0.2, -0.15) is 0 Å². The third kappa shape index (κ3) is 5.70. The number of ether oxygens (including phenoxy) is 4. The number of hydrogen-bond donors (Lipinski definition) is 2. The molecule has 7 heteroatoms. The summed E-state index contributed by atoms with van der Waals surface area (Å²) in [6.45, 7) is 4.79. The first-order valence-electron chi connectivity index (χ1n) is 9.89. The lowest BCUT2D eigenvalue weighted by atomic mass is 10.1. The Hall–Kier alpha value is -3.09. The normalized spacial score (nSPS) is 13.4. The molecule has 2 aromatic carbocycles. The number of aliphatic imine (C=N–C) groups is 1. The number of nitrogens with zero attached hydrogens (tertiary/aromatic N) is 1. The summed E-state index contributed by atoms with van der Waals surface area (Å²) >= 11 is 0. The van der Waals surface area contributed by atoms with Gasteiger partial charge in [0, 0.05) is 31.3 Å². The zero-order chi connectivity index (χ0) is 20.5. The highest BCUT2D eigenvalue weighted by Crippen LogP contribution is 2.32. The topological polar surface area (TPSA) is 73.3 Å². The van der Waals surface area contributed by atoms with Crippen LogP contribution in [0.4, 0.5) is 5.69 Å². The second kappa shape index (κ2) is 10.5. The smallest absolute Gasteiger partial charge is 0.195 e. The van der Waals surface area contributed by atoms with Gasteiger partial charge in [-0.15, -0.1) is 0 Å². The minimum atomic E-state index is 0.634. The summed E-state index contributed by atoms with van der Waals surface area (Å²) in [5, 5.41) is 6.61. The molecule has 3 rings (SSSR count). The Morgan fingerprint density at radius 2 is 1.79 bits per heavy atom. The summed E-state index contributed by atoms with van der Waals surface area (Å²) in [5.74, 6) is 3.72. The molecule has 1 aliphatic heterocycles. The van der Waals surface area contributed by atoms with Crippen molar-refractivity contribution in [3.8, 4) is 23.0 Å². The molecular weight excluding hydrogens is 370 g/mol. The Balaban J connectivity index is 1.65. The van der Waals surface area contributed by atoms with Crippen molar-refractivity contribution in [3.63, 3.8) is 0 Å². The van der Waals surface area contributed by atoms with Crippen molar-refractivity contribution >= 4 is 11.6 Å². The zero-order valence-electron chi connectivity index (χ0n) is 17.3. The summed E-state index contributed by atoms with van der Waals surface area (Å²) in [7, 11) is 3.28. The molecule has 0 aromatic heterocycles. The van der Waals surface area contributed by atoms with Crippen LogP contribution in [0, 0.1) is 0 Å². The summed E-state index contributed by atoms with van der Waals surface area (Å²) in [5.41, 5.74) is 2.04. The molecule has 0 saturated carbocycles. The second-order valence-corrected chi connectivity index (χ2v) is 6.54. The summed E-state index contributed by atoms with van der Waals surface area (Å²) in [6, 6.07) is 11.8. The summed E-state index contributed by atoms with van der Waals surface area (Å²) < 4.78 is 22.1. The molecular formula is C22H29N3O4. The van der Waals surface area contributed by atoms with Crippen molar-refractivity contribution in [1.82, 2.24) is 5.32 Å². The van der Waals surface area contributed by atoms with E-state index in [1.165, 1.54) is 0 Å². The number of guanidine groups is 1. The Bertz CT molecular complexity index is 839. The molecule has 0 amide bonds. The molecule has 0 atom stereocenters. The fraction of sp³-hybridized carbons (Fsp3) is 0.409. The van der Waals surface area contributed by atoms with Gasteiger partial charge in [0.2, 0.25) is 0 Å². The fourth-order valence-corrected chi connectivity index (χ4v) is 3.02. The van der Waals surface area contributed by atoms with Crippen molar-refractivity contribution in [3.05, 3.63) is 42.0 Å². The van der Waals surface area contributed by atoms with E-state index in [-0.39, 0.29) is 0 Å². The molecule has 1 heterocycles. The minimum absolute atomic E-state index is 0.634. The average molecular weight is 399 g/mol. The van der Waals surface area contributed by atoms with E-state index in [9.17, 15) is 0 Å². The third-order valence-corrected chi connectivity index (χ3v) is 4.47. The van der Waals surface area contributed by atoms with Crippen LogP contribution in [0.5, 0.6) is 23.0 Å². The lowest BCUT2D eigenvalue weighted by Gasteiger charge is -2.14. The molecule has 0 unspecified atom stereocenters. The largest absolute Gasteiger partial charge is 0.493 e. The number of benzene rings is 2. The highest BCUT2D eigenvalue weighted by atomic mass is 16.5. The maximum absolute atomic E-state index is 5.76. The van der Waals surface area contributed by atoms with Crippen LogP contribution in [0.1, 0.15) is 18.9 Å². The molecule has 1 aliphatic rings. The highest BCUT2D eigenvalue weighted by molar-refractivity contribution is 5.93. The zero-order valence-corrected chi connectivity index (χ0v) is 17.3. The van der Waals surface area contributed by atoms with Crippen LogP contribution < -0.4 is 29.6 Å². The van der Waals surface area contributed by atoms with Gasteiger partial charge in [0.1, 0.15) is 0 Å². The van der Waals surface area contributed by atoms with Crippen molar-refractivity contribution in [2.75, 3.05) is 45.8 Å². The summed E-state index contributed by atoms with van der Waals surface area (Å²) in [4.78, 5) is 4.68. The fourth-order valence-electron chi connectivity index (χ4n) is 3.02. The van der Waals surface area contributed by atoms with Crippen LogP contribution >= 0.6 is 0 Å². The van der Waals surface area contributed by atoms with Gasteiger partial charge in [0.15, 0.2) is 29.0 Å². The quantitative estimate of drug-likeness (QED) is 0.549. The number of methoxy groups -OCH3 is 2. The van der Waals surface area contributed by atoms with E-state index < -0.39 is 0 Å². The molecule has 0 saturated heterocycles. The molecule has 0 radical (unpaired) electrons. The van der Waals surface area contributed by atoms with Crippen molar-refractivity contribution in [2.24, 2.45) is 4.99 Å². The summed E-state index contributed by atoms with van der Waals surface area (Å²) in [6.07, 6.45) is 1.68. The SMILES string of the molecule is CCNC(=NCCc1ccc(OC)c(OC)c1)Nc1ccc2c(c1)OCCCO2. The van der Waals surface area contributed by atoms with Crippen LogP contribution in [0.3, 0.4) is 0 Å². The van der Waals surface area contributed by atoms with E-state index in [0.29, 0.717) is 19.8 Å². The van der Waals surface area contributed by atoms with Gasteiger partial charge in [-0.3, -0.25) is 4.99 Å². The second-order valence-electron chi connectivity index (χ2n) is 6.54. The molecule has 0 aliphatic carbocycles. The predicted octanol–water partition coefficient (Wildman–Crippen LogP) is 3.49. The van der Waals surface area contributed by atoms with Crippen LogP contribution in [0.2, 0.25) is 0 Å². The average Bonchev–Trinajstić information content (AvgIpc) is 2.98. The molecule has 0 spiro atoms. The monoisotopic (exact) mass is 399 g/mol. The number of nitrogens with one attached hydrogen (secondary N) is 2. The first kappa shape index (κ1) is 20.6. The highest BCUT2D eigenvalue weighted by Gasteiger charge is 2.11. The van der Waals surface area contributed by atoms with Gasteiger partial charge in [0.05, 0.1) is 27.4 Å². The molecule has 0 bridgehead atoms. The van der Waals surface area contributed by atoms with Gasteiger partial charge in [-0.1, -0.05) is 6.07 Å². The molecule has 7 nitrogen and oxygen atoms in total. The molecule has 156 valence electrons. The maximum atomic E-state index is 5.76. The van der Waals surface area contributed by atoms with Gasteiger partial charge < -0.3 is 29.6 Å². The van der Waals surface area contributed by atoms with Crippen molar-refractivity contribution < 1.29 is 18.9 Å². The first-order valence-corrected chi connectivity index (χ1v) is 9.89. The predicted molar refractivity (Wildman–Crippen MR) is 115 cm³/mol. The van der Waals surface area contributed by atoms with E-state index in [0.717, 1.165) is 59.6 Å². The minimum Gasteiger partial charge on any atom is -0.493 e. The Kier molecular flexibility index (Phi) is 7.44. The van der Waals surface area contributed by atoms with Crippen LogP contribution in [-0.2, 0) is 6.42 Å². The van der Waals surface area contributed by atoms with Crippen LogP contribution in [0.25, 0.3) is 0 Å². The Morgan fingerprint density at radius 1 is 1.00 bits per heavy atom. The van der Waals surface area contributed by atoms with E-state index in [4.69, 9.17) is 18.9 Å². The third-order valence-electron chi connectivity index (χ3n) is 4.47. The maximum Gasteiger partial charge on any atom is 0.195 e. The molecule has 2 N–H and O–H groups in total. The lowest BCUT2D eigenvalue weighted by Crippen LogP contribution is -2.30. The van der Waals surface area contributed by atoms with Crippen molar-refractivity contribution in [1.29, 1.82) is 0 Å². The Labute approximate surface area is 172 Å².